The van der Waals surface area contributed by atoms with Crippen molar-refractivity contribution in [3.63, 3.8) is 0 Å². The van der Waals surface area contributed by atoms with Crippen molar-refractivity contribution in [3.05, 3.63) is 152 Å². The molecule has 0 aliphatic heterocycles. The molecule has 0 spiro atoms. The van der Waals surface area contributed by atoms with Crippen LogP contribution in [-0.4, -0.2) is 24.1 Å². The van der Waals surface area contributed by atoms with Gasteiger partial charge in [0.2, 0.25) is 0 Å². The van der Waals surface area contributed by atoms with Gasteiger partial charge in [0.25, 0.3) is 0 Å². The van der Waals surface area contributed by atoms with E-state index in [4.69, 9.17) is 4.98 Å². The molecule has 0 saturated carbocycles. The van der Waals surface area contributed by atoms with Crippen LogP contribution in [0.1, 0.15) is 0 Å². The zero-order valence-corrected chi connectivity index (χ0v) is 23.7. The number of rotatable bonds is 4. The number of benzene rings is 4. The van der Waals surface area contributed by atoms with Gasteiger partial charge < -0.3 is 9.13 Å². The molecule has 4 aromatic carbocycles. The highest BCUT2D eigenvalue weighted by Crippen LogP contribution is 2.42. The van der Waals surface area contributed by atoms with Crippen LogP contribution < -0.4 is 0 Å². The maximum atomic E-state index is 5.16. The maximum absolute atomic E-state index is 5.16. The Balaban J connectivity index is 1.46. The number of para-hydroxylation sites is 3. The van der Waals surface area contributed by atoms with Crippen molar-refractivity contribution in [1.29, 1.82) is 0 Å². The lowest BCUT2D eigenvalue weighted by atomic mass is 9.99. The fourth-order valence-electron chi connectivity index (χ4n) is 6.60. The number of hydrogen-bond acceptors (Lipinski definition) is 3. The summed E-state index contributed by atoms with van der Waals surface area (Å²) < 4.78 is 4.72. The summed E-state index contributed by atoms with van der Waals surface area (Å²) in [5, 5.41) is 3.50. The molecule has 0 bridgehead atoms. The Kier molecular flexibility index (Phi) is 5.43. The molecule has 5 heterocycles. The molecule has 9 aromatic rings. The van der Waals surface area contributed by atoms with Crippen molar-refractivity contribution in [2.45, 2.75) is 0 Å². The van der Waals surface area contributed by atoms with E-state index in [1.54, 1.807) is 0 Å². The van der Waals surface area contributed by atoms with Crippen molar-refractivity contribution in [1.82, 2.24) is 24.1 Å². The van der Waals surface area contributed by atoms with Gasteiger partial charge in [0.05, 0.1) is 33.8 Å². The van der Waals surface area contributed by atoms with Crippen LogP contribution in [-0.2, 0) is 0 Å². The van der Waals surface area contributed by atoms with Crippen molar-refractivity contribution >= 4 is 43.7 Å². The quantitative estimate of drug-likeness (QED) is 0.214. The Morgan fingerprint density at radius 2 is 1.05 bits per heavy atom. The second kappa shape index (κ2) is 9.75. The van der Waals surface area contributed by atoms with E-state index >= 15 is 0 Å². The van der Waals surface area contributed by atoms with E-state index in [1.165, 1.54) is 10.8 Å². The highest BCUT2D eigenvalue weighted by atomic mass is 15.0. The Morgan fingerprint density at radius 3 is 1.70 bits per heavy atom. The molecule has 0 amide bonds. The van der Waals surface area contributed by atoms with Gasteiger partial charge in [-0.3, -0.25) is 15.0 Å². The third-order valence-electron chi connectivity index (χ3n) is 8.49. The third-order valence-corrected chi connectivity index (χ3v) is 8.49. The molecule has 0 saturated heterocycles. The molecule has 5 aromatic heterocycles. The van der Waals surface area contributed by atoms with E-state index < -0.39 is 0 Å². The van der Waals surface area contributed by atoms with E-state index in [0.29, 0.717) is 0 Å². The van der Waals surface area contributed by atoms with Gasteiger partial charge in [-0.1, -0.05) is 66.7 Å². The molecular weight excluding hydrogens is 538 g/mol. The minimum Gasteiger partial charge on any atom is -0.308 e. The molecule has 0 radical (unpaired) electrons. The van der Waals surface area contributed by atoms with Crippen molar-refractivity contribution < 1.29 is 0 Å². The normalized spacial score (nSPS) is 11.6. The average Bonchev–Trinajstić information content (AvgIpc) is 3.62. The van der Waals surface area contributed by atoms with E-state index in [9.17, 15) is 0 Å². The number of aromatic nitrogens is 5. The second-order valence-electron chi connectivity index (χ2n) is 11.0. The zero-order valence-electron chi connectivity index (χ0n) is 23.7. The fourth-order valence-corrected chi connectivity index (χ4v) is 6.60. The van der Waals surface area contributed by atoms with Gasteiger partial charge in [-0.15, -0.1) is 0 Å². The number of pyridine rings is 3. The summed E-state index contributed by atoms with van der Waals surface area (Å²) in [5.41, 5.74) is 11.9. The van der Waals surface area contributed by atoms with Crippen LogP contribution in [0, 0.1) is 0 Å². The highest BCUT2D eigenvalue weighted by molar-refractivity contribution is 6.24. The summed E-state index contributed by atoms with van der Waals surface area (Å²) in [6.45, 7) is 0. The third kappa shape index (κ3) is 3.69. The predicted octanol–water partition coefficient (Wildman–Crippen LogP) is 9.40. The topological polar surface area (TPSA) is 48.5 Å². The predicted molar refractivity (Wildman–Crippen MR) is 179 cm³/mol. The molecule has 5 nitrogen and oxygen atoms in total. The molecule has 0 aliphatic carbocycles. The van der Waals surface area contributed by atoms with Crippen molar-refractivity contribution in [3.8, 4) is 33.6 Å². The van der Waals surface area contributed by atoms with Gasteiger partial charge in [-0.2, -0.15) is 0 Å². The minimum atomic E-state index is 0.985. The van der Waals surface area contributed by atoms with Crippen LogP contribution >= 0.6 is 0 Å². The van der Waals surface area contributed by atoms with Crippen LogP contribution in [0.3, 0.4) is 0 Å². The smallest absolute Gasteiger partial charge is 0.0971 e. The summed E-state index contributed by atoms with van der Waals surface area (Å²) in [6.07, 6.45) is 9.51. The lowest BCUT2D eigenvalue weighted by molar-refractivity contribution is 1.16. The molecule has 0 atom stereocenters. The molecule has 0 unspecified atom stereocenters. The molecule has 0 fully saturated rings. The molecule has 44 heavy (non-hydrogen) atoms. The van der Waals surface area contributed by atoms with Crippen LogP contribution in [0.5, 0.6) is 0 Å². The van der Waals surface area contributed by atoms with Gasteiger partial charge in [0, 0.05) is 63.4 Å². The lowest BCUT2D eigenvalue weighted by Gasteiger charge is -2.14. The monoisotopic (exact) mass is 563 g/mol. The molecule has 206 valence electrons. The molecular formula is C39H25N5. The summed E-state index contributed by atoms with van der Waals surface area (Å²) in [7, 11) is 0. The van der Waals surface area contributed by atoms with Crippen molar-refractivity contribution in [2.75, 3.05) is 0 Å². The first-order valence-corrected chi connectivity index (χ1v) is 14.7. The number of fused-ring (bicyclic) bond motifs is 7. The highest BCUT2D eigenvalue weighted by Gasteiger charge is 2.22. The largest absolute Gasteiger partial charge is 0.308 e. The van der Waals surface area contributed by atoms with Crippen LogP contribution in [0.15, 0.2) is 152 Å². The van der Waals surface area contributed by atoms with Gasteiger partial charge in [0.1, 0.15) is 0 Å². The number of hydrogen-bond donors (Lipinski definition) is 0. The minimum absolute atomic E-state index is 0.985. The standard InChI is InChI=1S/C39H25N5/c1-2-12-30(13-3-1)43-34-16-6-4-14-32(34)37-36(43)25-42-38-33-15-5-7-17-35(33)44(39(37)38)31-21-28(26-10-8-18-40-23-26)20-29(22-31)27-11-9-19-41-24-27/h1-25H. The second-order valence-corrected chi connectivity index (χ2v) is 11.0. The Morgan fingerprint density at radius 1 is 0.432 bits per heavy atom. The van der Waals surface area contributed by atoms with E-state index in [0.717, 1.165) is 66.6 Å². The average molecular weight is 564 g/mol. The van der Waals surface area contributed by atoms with E-state index in [2.05, 4.69) is 128 Å². The molecule has 0 N–H and O–H groups in total. The molecule has 0 aliphatic rings. The SMILES string of the molecule is c1ccc(-n2c3ccccc3c3c2cnc2c4ccccc4n(-c4cc(-c5cccnc5)cc(-c5cccnc5)c4)c23)cc1. The number of nitrogens with zero attached hydrogens (tertiary/aromatic N) is 5. The molecule has 5 heteroatoms. The maximum Gasteiger partial charge on any atom is 0.0971 e. The first-order chi connectivity index (χ1) is 21.8. The molecule has 9 rings (SSSR count). The first kappa shape index (κ1) is 24.5. The van der Waals surface area contributed by atoms with Crippen LogP contribution in [0.25, 0.3) is 77.4 Å². The van der Waals surface area contributed by atoms with Crippen LogP contribution in [0.2, 0.25) is 0 Å². The van der Waals surface area contributed by atoms with Crippen molar-refractivity contribution in [2.24, 2.45) is 0 Å². The Hall–Kier alpha value is -6.07. The Labute approximate surface area is 253 Å². The van der Waals surface area contributed by atoms with E-state index in [1.807, 2.05) is 43.1 Å². The lowest BCUT2D eigenvalue weighted by Crippen LogP contribution is -1.97. The zero-order chi connectivity index (χ0) is 29.0. The summed E-state index contributed by atoms with van der Waals surface area (Å²) in [6, 6.07) is 42.7. The first-order valence-electron chi connectivity index (χ1n) is 14.7. The van der Waals surface area contributed by atoms with Crippen LogP contribution in [0.4, 0.5) is 0 Å². The summed E-state index contributed by atoms with van der Waals surface area (Å²) in [5.74, 6) is 0. The fraction of sp³-hybridized carbons (Fsp3) is 0. The van der Waals surface area contributed by atoms with Gasteiger partial charge in [0.15, 0.2) is 0 Å². The Bertz CT molecular complexity index is 2420. The van der Waals surface area contributed by atoms with Gasteiger partial charge >= 0.3 is 0 Å². The van der Waals surface area contributed by atoms with Gasteiger partial charge in [-0.25, -0.2) is 0 Å². The van der Waals surface area contributed by atoms with Gasteiger partial charge in [-0.05, 0) is 65.7 Å². The van der Waals surface area contributed by atoms with E-state index in [-0.39, 0.29) is 0 Å². The summed E-state index contributed by atoms with van der Waals surface area (Å²) >= 11 is 0. The summed E-state index contributed by atoms with van der Waals surface area (Å²) in [4.78, 5) is 14.0.